The van der Waals surface area contributed by atoms with Crippen LogP contribution in [-0.4, -0.2) is 84.2 Å². The first-order valence-electron chi connectivity index (χ1n) is 29.6. The minimum atomic E-state index is -4.84. The normalized spacial score (nSPS) is 20.7. The van der Waals surface area contributed by atoms with E-state index in [9.17, 15) is 33.6 Å². The van der Waals surface area contributed by atoms with Crippen LogP contribution < -0.4 is 5.32 Å². The Morgan fingerprint density at radius 1 is 0.541 bits per heavy atom. The Bertz CT molecular complexity index is 1660. The predicted molar refractivity (Wildman–Crippen MR) is 308 cm³/mol. The number of carbonyl (C=O) groups is 1. The minimum absolute atomic E-state index is 0.160. The van der Waals surface area contributed by atoms with Gasteiger partial charge in [-0.15, -0.1) is 0 Å². The lowest BCUT2D eigenvalue weighted by Gasteiger charge is -2.38. The zero-order valence-electron chi connectivity index (χ0n) is 47.3. The summed E-state index contributed by atoms with van der Waals surface area (Å²) in [5.41, 5.74) is 0. The van der Waals surface area contributed by atoms with Crippen LogP contribution in [0.3, 0.4) is 0 Å². The number of nitrogens with one attached hydrogen (secondary N) is 1. The summed E-state index contributed by atoms with van der Waals surface area (Å²) in [4.78, 5) is 13.0. The number of hydrogen-bond donors (Lipinski definition) is 5. The van der Waals surface area contributed by atoms with E-state index in [0.717, 1.165) is 76.0 Å². The van der Waals surface area contributed by atoms with Gasteiger partial charge in [-0.2, -0.15) is 8.42 Å². The van der Waals surface area contributed by atoms with Gasteiger partial charge in [-0.3, -0.25) is 4.79 Å². The Balaban J connectivity index is 2.31. The molecule has 428 valence electrons. The van der Waals surface area contributed by atoms with E-state index in [1.165, 1.54) is 135 Å². The van der Waals surface area contributed by atoms with E-state index in [1.54, 1.807) is 0 Å². The zero-order valence-corrected chi connectivity index (χ0v) is 48.1. The van der Waals surface area contributed by atoms with E-state index in [0.29, 0.717) is 12.8 Å². The highest BCUT2D eigenvalue weighted by Crippen LogP contribution is 2.24. The first-order valence-corrected chi connectivity index (χ1v) is 31.0. The Hall–Kier alpha value is -2.68. The quantitative estimate of drug-likeness (QED) is 0.0292. The fourth-order valence-electron chi connectivity index (χ4n) is 8.61. The summed E-state index contributed by atoms with van der Waals surface area (Å²) < 4.78 is 40.7. The molecule has 1 aliphatic heterocycles. The van der Waals surface area contributed by atoms with Crippen LogP contribution in [0.5, 0.6) is 0 Å². The molecule has 0 aliphatic carbocycles. The van der Waals surface area contributed by atoms with E-state index >= 15 is 0 Å². The summed E-state index contributed by atoms with van der Waals surface area (Å²) >= 11 is 0. The van der Waals surface area contributed by atoms with Gasteiger partial charge in [0.25, 0.3) is 0 Å². The number of amides is 1. The molecule has 1 saturated heterocycles. The van der Waals surface area contributed by atoms with Gasteiger partial charge in [-0.25, -0.2) is 8.37 Å². The van der Waals surface area contributed by atoms with E-state index in [4.69, 9.17) is 13.1 Å². The Kier molecular flexibility index (Phi) is 44.5. The van der Waals surface area contributed by atoms with Crippen LogP contribution in [0.1, 0.15) is 240 Å². The summed E-state index contributed by atoms with van der Waals surface area (Å²) in [7, 11) is -4.84. The molecule has 12 heteroatoms. The number of allylic oxidation sites excluding steroid dienone is 13. The van der Waals surface area contributed by atoms with Gasteiger partial charge in [0, 0.05) is 6.42 Å². The molecular formula is C62H109NO10S. The van der Waals surface area contributed by atoms with Crippen molar-refractivity contribution in [3.63, 3.8) is 0 Å². The maximum atomic E-state index is 13.0. The maximum absolute atomic E-state index is 13.0. The van der Waals surface area contributed by atoms with Crippen molar-refractivity contribution in [2.75, 3.05) is 6.61 Å². The summed E-state index contributed by atoms with van der Waals surface area (Å²) in [6, 6.07) is -1.12. The van der Waals surface area contributed by atoms with E-state index in [-0.39, 0.29) is 12.3 Å². The Morgan fingerprint density at radius 2 is 0.932 bits per heavy atom. The van der Waals surface area contributed by atoms with Crippen LogP contribution in [0, 0.1) is 11.8 Å². The van der Waals surface area contributed by atoms with Crippen LogP contribution in [0.4, 0.5) is 0 Å². The molecule has 0 aromatic rings. The number of carbonyl (C=O) groups excluding carboxylic acids is 1. The fourth-order valence-corrected chi connectivity index (χ4v) is 9.37. The SMILES string of the molecule is CCC(C)CCCCCCCCCCC=CC(O)C(COS(=O)(=O)OC1OC(C)C(O)C(O)C1O)NC(=O)CCCC=CCCC=CCC=CCC=CCC=CCC=CCCCCCCCCCCCC(C)CC. The Morgan fingerprint density at radius 3 is 1.42 bits per heavy atom. The highest BCUT2D eigenvalue weighted by atomic mass is 32.3. The molecule has 0 saturated carbocycles. The summed E-state index contributed by atoms with van der Waals surface area (Å²) in [6.45, 7) is 9.98. The van der Waals surface area contributed by atoms with Crippen molar-refractivity contribution in [2.24, 2.45) is 11.8 Å². The molecule has 1 fully saturated rings. The summed E-state index contributed by atoms with van der Waals surface area (Å²) in [5.74, 6) is 1.35. The predicted octanol–water partition coefficient (Wildman–Crippen LogP) is 14.6. The largest absolute Gasteiger partial charge is 0.402 e. The number of aliphatic hydroxyl groups is 4. The molecule has 1 aliphatic rings. The van der Waals surface area contributed by atoms with Crippen molar-refractivity contribution < 1.29 is 46.7 Å². The second kappa shape index (κ2) is 47.5. The third kappa shape index (κ3) is 39.7. The number of aliphatic hydroxyl groups excluding tert-OH is 4. The fraction of sp³-hybridized carbons (Fsp3) is 0.758. The van der Waals surface area contributed by atoms with Gasteiger partial charge < -0.3 is 30.5 Å². The molecule has 1 heterocycles. The van der Waals surface area contributed by atoms with Crippen molar-refractivity contribution in [1.29, 1.82) is 0 Å². The minimum Gasteiger partial charge on any atom is -0.388 e. The molecule has 0 aromatic carbocycles. The second-order valence-electron chi connectivity index (χ2n) is 21.0. The molecule has 0 aromatic heterocycles. The number of unbranched alkanes of at least 4 members (excludes halogenated alkanes) is 19. The molecule has 1 amide bonds. The van der Waals surface area contributed by atoms with Crippen LogP contribution in [0.15, 0.2) is 85.1 Å². The van der Waals surface area contributed by atoms with Crippen molar-refractivity contribution in [3.05, 3.63) is 85.1 Å². The molecule has 0 radical (unpaired) electrons. The number of hydrogen-bond acceptors (Lipinski definition) is 10. The third-order valence-electron chi connectivity index (χ3n) is 14.1. The van der Waals surface area contributed by atoms with Crippen molar-refractivity contribution in [2.45, 2.75) is 283 Å². The standard InChI is InChI=1S/C62H109NO10S/c1-6-53(3)48-44-40-36-32-28-26-24-22-20-18-16-14-12-10-8-9-11-13-15-17-19-21-23-25-27-29-35-39-43-47-51-58(65)63-56(52-71-74(69,70)73-62-61(68)60(67)59(66)55(5)72-62)57(64)50-46-42-38-34-31-30-33-37-41-45-49-54(4)7-2/h8,10-11,13-14,16-17,19,23,25,35,39,46,50,53-57,59-62,64,66-68H,6-7,9,12,15,18,20-22,24,26-34,36-38,40-45,47-49,51-52H2,1-5H3,(H,63,65). The molecular weight excluding hydrogens is 951 g/mol. The molecule has 0 bridgehead atoms. The van der Waals surface area contributed by atoms with Gasteiger partial charge in [0.2, 0.25) is 12.2 Å². The van der Waals surface area contributed by atoms with Crippen molar-refractivity contribution in [1.82, 2.24) is 5.32 Å². The lowest BCUT2D eigenvalue weighted by atomic mass is 9.99. The van der Waals surface area contributed by atoms with Crippen molar-refractivity contribution in [3.8, 4) is 0 Å². The van der Waals surface area contributed by atoms with Gasteiger partial charge in [0.15, 0.2) is 0 Å². The van der Waals surface area contributed by atoms with Crippen LogP contribution in [-0.2, 0) is 28.3 Å². The monoisotopic (exact) mass is 1060 g/mol. The third-order valence-corrected chi connectivity index (χ3v) is 15.0. The molecule has 11 nitrogen and oxygen atoms in total. The average Bonchev–Trinajstić information content (AvgIpc) is 3.38. The first-order chi connectivity index (χ1) is 35.8. The van der Waals surface area contributed by atoms with Gasteiger partial charge >= 0.3 is 10.4 Å². The smallest absolute Gasteiger partial charge is 0.388 e. The van der Waals surface area contributed by atoms with E-state index < -0.39 is 59.9 Å². The molecule has 0 spiro atoms. The lowest BCUT2D eigenvalue weighted by Crippen LogP contribution is -2.57. The van der Waals surface area contributed by atoms with E-state index in [2.05, 4.69) is 106 Å². The van der Waals surface area contributed by atoms with Crippen LogP contribution in [0.25, 0.3) is 0 Å². The van der Waals surface area contributed by atoms with Gasteiger partial charge in [-0.1, -0.05) is 235 Å². The maximum Gasteiger partial charge on any atom is 0.402 e. The van der Waals surface area contributed by atoms with Crippen LogP contribution >= 0.6 is 0 Å². The summed E-state index contributed by atoms with van der Waals surface area (Å²) in [5, 5.41) is 44.0. The van der Waals surface area contributed by atoms with Crippen LogP contribution in [0.2, 0.25) is 0 Å². The topological polar surface area (TPSA) is 172 Å². The molecule has 1 rings (SSSR count). The number of rotatable bonds is 48. The van der Waals surface area contributed by atoms with Gasteiger partial charge in [0.1, 0.15) is 18.3 Å². The van der Waals surface area contributed by atoms with Gasteiger partial charge in [0.05, 0.1) is 24.9 Å². The number of ether oxygens (including phenoxy) is 1. The molecule has 74 heavy (non-hydrogen) atoms. The van der Waals surface area contributed by atoms with Crippen molar-refractivity contribution >= 4 is 16.3 Å². The highest BCUT2D eigenvalue weighted by Gasteiger charge is 2.44. The Labute approximate surface area is 452 Å². The summed E-state index contributed by atoms with van der Waals surface area (Å²) in [6.07, 6.45) is 57.1. The molecule has 9 atom stereocenters. The average molecular weight is 1060 g/mol. The molecule has 9 unspecified atom stereocenters. The highest BCUT2D eigenvalue weighted by molar-refractivity contribution is 7.81. The zero-order chi connectivity index (χ0) is 54.3. The molecule has 5 N–H and O–H groups in total. The second-order valence-corrected chi connectivity index (χ2v) is 22.2. The van der Waals surface area contributed by atoms with Gasteiger partial charge in [-0.05, 0) is 95.8 Å². The lowest BCUT2D eigenvalue weighted by molar-refractivity contribution is -0.268. The van der Waals surface area contributed by atoms with E-state index in [1.807, 2.05) is 6.08 Å². The first kappa shape index (κ1) is 69.3.